The molecule has 1 fully saturated rings. The van der Waals surface area contributed by atoms with Gasteiger partial charge in [-0.05, 0) is 14.1 Å². The van der Waals surface area contributed by atoms with Gasteiger partial charge in [-0.3, -0.25) is 0 Å². The maximum absolute atomic E-state index is 9.35. The van der Waals surface area contributed by atoms with Crippen molar-refractivity contribution in [3.8, 4) is 0 Å². The van der Waals surface area contributed by atoms with Crippen LogP contribution in [0.4, 0.5) is 0 Å². The van der Waals surface area contributed by atoms with Crippen LogP contribution in [0.25, 0.3) is 0 Å². The third-order valence-corrected chi connectivity index (χ3v) is 1.90. The fraction of sp³-hybridized carbons (Fsp3) is 1.00. The summed E-state index contributed by atoms with van der Waals surface area (Å²) in [6, 6.07) is 0. The lowest BCUT2D eigenvalue weighted by Crippen LogP contribution is -2.29. The van der Waals surface area contributed by atoms with E-state index in [1.807, 2.05) is 14.1 Å². The van der Waals surface area contributed by atoms with Gasteiger partial charge in [0.15, 0.2) is 0 Å². The van der Waals surface area contributed by atoms with Gasteiger partial charge >= 0.3 is 0 Å². The average Bonchev–Trinajstić information content (AvgIpc) is 2.15. The van der Waals surface area contributed by atoms with E-state index in [0.29, 0.717) is 5.92 Å². The third-order valence-electron chi connectivity index (χ3n) is 1.90. The molecule has 0 aromatic rings. The molecule has 1 aliphatic rings. The molecule has 60 valence electrons. The topological polar surface area (TPSA) is 35.5 Å². The molecule has 2 atom stereocenters. The number of rotatable bonds is 2. The lowest BCUT2D eigenvalue weighted by Gasteiger charge is -2.17. The SMILES string of the molecule is CN(C)C[C@H]1CNC[C@H]1O. The monoisotopic (exact) mass is 144 g/mol. The second-order valence-corrected chi connectivity index (χ2v) is 3.25. The Labute approximate surface area is 62.0 Å². The highest BCUT2D eigenvalue weighted by Gasteiger charge is 2.24. The fourth-order valence-electron chi connectivity index (χ4n) is 1.37. The zero-order valence-electron chi connectivity index (χ0n) is 6.67. The minimum atomic E-state index is -0.137. The third kappa shape index (κ3) is 1.94. The Morgan fingerprint density at radius 1 is 1.50 bits per heavy atom. The van der Waals surface area contributed by atoms with Crippen LogP contribution in [-0.2, 0) is 0 Å². The normalized spacial score (nSPS) is 33.6. The number of hydrogen-bond donors (Lipinski definition) is 2. The Hall–Kier alpha value is -0.120. The van der Waals surface area contributed by atoms with Crippen molar-refractivity contribution in [2.24, 2.45) is 5.92 Å². The highest BCUT2D eigenvalue weighted by Crippen LogP contribution is 2.08. The van der Waals surface area contributed by atoms with Crippen molar-refractivity contribution in [1.82, 2.24) is 10.2 Å². The first-order valence-corrected chi connectivity index (χ1v) is 3.73. The van der Waals surface area contributed by atoms with Crippen LogP contribution in [0.3, 0.4) is 0 Å². The summed E-state index contributed by atoms with van der Waals surface area (Å²) >= 11 is 0. The van der Waals surface area contributed by atoms with Crippen LogP contribution in [0.5, 0.6) is 0 Å². The van der Waals surface area contributed by atoms with Gasteiger partial charge in [0.1, 0.15) is 0 Å². The van der Waals surface area contributed by atoms with Crippen LogP contribution in [0.1, 0.15) is 0 Å². The molecule has 1 aliphatic heterocycles. The number of β-amino-alcohol motifs (C(OH)–C–C–N with tert-alkyl or cyclic N) is 1. The van der Waals surface area contributed by atoms with Gasteiger partial charge in [-0.25, -0.2) is 0 Å². The highest BCUT2D eigenvalue weighted by molar-refractivity contribution is 4.81. The Kier molecular flexibility index (Phi) is 2.65. The van der Waals surface area contributed by atoms with E-state index in [-0.39, 0.29) is 6.10 Å². The van der Waals surface area contributed by atoms with E-state index in [4.69, 9.17) is 0 Å². The molecular formula is C7H16N2O. The molecule has 0 saturated carbocycles. The summed E-state index contributed by atoms with van der Waals surface area (Å²) in [6.07, 6.45) is -0.137. The summed E-state index contributed by atoms with van der Waals surface area (Å²) in [6.45, 7) is 2.70. The molecule has 0 unspecified atom stereocenters. The van der Waals surface area contributed by atoms with Crippen molar-refractivity contribution in [1.29, 1.82) is 0 Å². The first kappa shape index (κ1) is 7.98. The van der Waals surface area contributed by atoms with Gasteiger partial charge in [-0.1, -0.05) is 0 Å². The van der Waals surface area contributed by atoms with E-state index in [2.05, 4.69) is 10.2 Å². The summed E-state index contributed by atoms with van der Waals surface area (Å²) in [7, 11) is 4.07. The predicted molar refractivity (Wildman–Crippen MR) is 40.9 cm³/mol. The minimum Gasteiger partial charge on any atom is -0.391 e. The Morgan fingerprint density at radius 3 is 2.60 bits per heavy atom. The largest absolute Gasteiger partial charge is 0.391 e. The van der Waals surface area contributed by atoms with Gasteiger partial charge in [-0.15, -0.1) is 0 Å². The van der Waals surface area contributed by atoms with Crippen LogP contribution in [0, 0.1) is 5.92 Å². The summed E-state index contributed by atoms with van der Waals surface area (Å²) < 4.78 is 0. The standard InChI is InChI=1S/C7H16N2O/c1-9(2)5-6-3-8-4-7(6)10/h6-8,10H,3-5H2,1-2H3/t6-,7-/m1/s1. The first-order chi connectivity index (χ1) is 4.70. The lowest BCUT2D eigenvalue weighted by atomic mass is 10.1. The van der Waals surface area contributed by atoms with Crippen molar-refractivity contribution in [3.63, 3.8) is 0 Å². The second kappa shape index (κ2) is 3.32. The van der Waals surface area contributed by atoms with Crippen molar-refractivity contribution < 1.29 is 5.11 Å². The van der Waals surface area contributed by atoms with Crippen molar-refractivity contribution in [3.05, 3.63) is 0 Å². The van der Waals surface area contributed by atoms with Gasteiger partial charge in [-0.2, -0.15) is 0 Å². The minimum absolute atomic E-state index is 0.137. The highest BCUT2D eigenvalue weighted by atomic mass is 16.3. The van der Waals surface area contributed by atoms with E-state index in [1.165, 1.54) is 0 Å². The number of aliphatic hydroxyl groups excluding tert-OH is 1. The molecule has 0 spiro atoms. The zero-order chi connectivity index (χ0) is 7.56. The number of aliphatic hydroxyl groups is 1. The molecule has 1 saturated heterocycles. The molecule has 3 nitrogen and oxygen atoms in total. The maximum atomic E-state index is 9.35. The van der Waals surface area contributed by atoms with Gasteiger partial charge in [0, 0.05) is 25.6 Å². The van der Waals surface area contributed by atoms with Gasteiger partial charge in [0.2, 0.25) is 0 Å². The summed E-state index contributed by atoms with van der Waals surface area (Å²) in [5, 5.41) is 12.5. The van der Waals surface area contributed by atoms with E-state index in [0.717, 1.165) is 19.6 Å². The van der Waals surface area contributed by atoms with Gasteiger partial charge < -0.3 is 15.3 Å². The number of hydrogen-bond acceptors (Lipinski definition) is 3. The van der Waals surface area contributed by atoms with Crippen LogP contribution in [0.15, 0.2) is 0 Å². The molecule has 0 aromatic heterocycles. The second-order valence-electron chi connectivity index (χ2n) is 3.25. The molecule has 1 heterocycles. The number of nitrogens with zero attached hydrogens (tertiary/aromatic N) is 1. The molecule has 0 aliphatic carbocycles. The summed E-state index contributed by atoms with van der Waals surface area (Å²) in [5.74, 6) is 0.426. The van der Waals surface area contributed by atoms with E-state index < -0.39 is 0 Å². The molecule has 1 rings (SSSR count). The fourth-order valence-corrected chi connectivity index (χ4v) is 1.37. The van der Waals surface area contributed by atoms with E-state index in [1.54, 1.807) is 0 Å². The van der Waals surface area contributed by atoms with Gasteiger partial charge in [0.25, 0.3) is 0 Å². The molecule has 0 bridgehead atoms. The molecular weight excluding hydrogens is 128 g/mol. The van der Waals surface area contributed by atoms with Crippen molar-refractivity contribution in [2.45, 2.75) is 6.10 Å². The first-order valence-electron chi connectivity index (χ1n) is 3.73. The Bertz CT molecular complexity index is 106. The van der Waals surface area contributed by atoms with Gasteiger partial charge in [0.05, 0.1) is 6.10 Å². The molecule has 10 heavy (non-hydrogen) atoms. The Morgan fingerprint density at radius 2 is 2.20 bits per heavy atom. The average molecular weight is 144 g/mol. The maximum Gasteiger partial charge on any atom is 0.0717 e. The van der Waals surface area contributed by atoms with Crippen LogP contribution in [-0.4, -0.2) is 49.8 Å². The summed E-state index contributed by atoms with van der Waals surface area (Å²) in [5.41, 5.74) is 0. The van der Waals surface area contributed by atoms with Crippen LogP contribution >= 0.6 is 0 Å². The zero-order valence-corrected chi connectivity index (χ0v) is 6.67. The van der Waals surface area contributed by atoms with Crippen molar-refractivity contribution in [2.75, 3.05) is 33.7 Å². The quantitative estimate of drug-likeness (QED) is 0.529. The molecule has 0 aromatic carbocycles. The van der Waals surface area contributed by atoms with Crippen molar-refractivity contribution >= 4 is 0 Å². The van der Waals surface area contributed by atoms with Crippen LogP contribution < -0.4 is 5.32 Å². The molecule has 3 heteroatoms. The smallest absolute Gasteiger partial charge is 0.0717 e. The molecule has 2 N–H and O–H groups in total. The molecule has 0 amide bonds. The predicted octanol–water partition coefficient (Wildman–Crippen LogP) is -0.872. The van der Waals surface area contributed by atoms with E-state index in [9.17, 15) is 5.11 Å². The van der Waals surface area contributed by atoms with Crippen LogP contribution in [0.2, 0.25) is 0 Å². The lowest BCUT2D eigenvalue weighted by molar-refractivity contribution is 0.129. The van der Waals surface area contributed by atoms with E-state index >= 15 is 0 Å². The Balaban J connectivity index is 2.26. The molecule has 0 radical (unpaired) electrons. The number of nitrogens with one attached hydrogen (secondary N) is 1. The summed E-state index contributed by atoms with van der Waals surface area (Å²) in [4.78, 5) is 2.11.